The Morgan fingerprint density at radius 3 is 2.60 bits per heavy atom. The minimum Gasteiger partial charge on any atom is -0.508 e. The second kappa shape index (κ2) is 6.31. The first kappa shape index (κ1) is 15.8. The SMILES string of the molecule is CC1Nc2ccc(N3CCCCC3)cc2C(=O)N1c1cccc(O)c1. The van der Waals surface area contributed by atoms with Gasteiger partial charge in [0, 0.05) is 36.2 Å². The summed E-state index contributed by atoms with van der Waals surface area (Å²) in [7, 11) is 0. The van der Waals surface area contributed by atoms with Crippen molar-refractivity contribution in [2.75, 3.05) is 28.2 Å². The van der Waals surface area contributed by atoms with Crippen LogP contribution < -0.4 is 15.1 Å². The Hall–Kier alpha value is -2.69. The van der Waals surface area contributed by atoms with Crippen LogP contribution in [0.15, 0.2) is 42.5 Å². The van der Waals surface area contributed by atoms with E-state index >= 15 is 0 Å². The largest absolute Gasteiger partial charge is 0.508 e. The maximum atomic E-state index is 13.2. The molecule has 1 atom stereocenters. The first-order chi connectivity index (χ1) is 12.1. The van der Waals surface area contributed by atoms with Crippen molar-refractivity contribution in [1.82, 2.24) is 0 Å². The molecule has 1 unspecified atom stereocenters. The molecule has 0 saturated carbocycles. The first-order valence-electron chi connectivity index (χ1n) is 8.91. The van der Waals surface area contributed by atoms with E-state index in [0.717, 1.165) is 24.5 Å². The zero-order valence-electron chi connectivity index (χ0n) is 14.4. The molecular weight excluding hydrogens is 314 g/mol. The topological polar surface area (TPSA) is 55.8 Å². The van der Waals surface area contributed by atoms with Gasteiger partial charge in [-0.3, -0.25) is 9.69 Å². The summed E-state index contributed by atoms with van der Waals surface area (Å²) in [6.07, 6.45) is 3.51. The Morgan fingerprint density at radius 2 is 1.84 bits per heavy atom. The fraction of sp³-hybridized carbons (Fsp3) is 0.350. The highest BCUT2D eigenvalue weighted by atomic mass is 16.3. The minimum atomic E-state index is -0.178. The van der Waals surface area contributed by atoms with Gasteiger partial charge in [0.15, 0.2) is 0 Å². The normalized spacial score (nSPS) is 20.2. The molecule has 2 N–H and O–H groups in total. The molecule has 1 saturated heterocycles. The number of carbonyl (C=O) groups is 1. The molecule has 130 valence electrons. The number of nitrogens with zero attached hydrogens (tertiary/aromatic N) is 2. The third kappa shape index (κ3) is 2.90. The molecule has 0 radical (unpaired) electrons. The molecule has 0 aromatic heterocycles. The fourth-order valence-electron chi connectivity index (χ4n) is 3.76. The number of fused-ring (bicyclic) bond motifs is 1. The Labute approximate surface area is 147 Å². The zero-order chi connectivity index (χ0) is 17.4. The van der Waals surface area contributed by atoms with E-state index in [2.05, 4.69) is 16.3 Å². The molecule has 5 nitrogen and oxygen atoms in total. The predicted octanol–water partition coefficient (Wildman–Crippen LogP) is 3.80. The van der Waals surface area contributed by atoms with Crippen LogP contribution in [0.3, 0.4) is 0 Å². The van der Waals surface area contributed by atoms with Gasteiger partial charge in [0.2, 0.25) is 0 Å². The quantitative estimate of drug-likeness (QED) is 0.875. The van der Waals surface area contributed by atoms with Crippen LogP contribution in [0.5, 0.6) is 5.75 Å². The molecule has 1 amide bonds. The summed E-state index contributed by atoms with van der Waals surface area (Å²) in [5.41, 5.74) is 3.36. The summed E-state index contributed by atoms with van der Waals surface area (Å²) in [4.78, 5) is 17.2. The number of piperidine rings is 1. The van der Waals surface area contributed by atoms with E-state index in [1.807, 2.05) is 25.1 Å². The molecule has 0 spiro atoms. The van der Waals surface area contributed by atoms with Crippen LogP contribution in [0.4, 0.5) is 17.1 Å². The highest BCUT2D eigenvalue weighted by Crippen LogP contribution is 2.33. The van der Waals surface area contributed by atoms with E-state index in [1.54, 1.807) is 23.1 Å². The number of anilines is 3. The fourth-order valence-corrected chi connectivity index (χ4v) is 3.76. The third-order valence-electron chi connectivity index (χ3n) is 5.03. The Morgan fingerprint density at radius 1 is 1.04 bits per heavy atom. The summed E-state index contributed by atoms with van der Waals surface area (Å²) >= 11 is 0. The van der Waals surface area contributed by atoms with Crippen molar-refractivity contribution in [3.8, 4) is 5.75 Å². The summed E-state index contributed by atoms with van der Waals surface area (Å²) < 4.78 is 0. The number of phenolic OH excluding ortho intramolecular Hbond substituents is 1. The van der Waals surface area contributed by atoms with E-state index in [9.17, 15) is 9.90 Å². The highest BCUT2D eigenvalue weighted by Gasteiger charge is 2.31. The molecule has 4 rings (SSSR count). The molecule has 1 fully saturated rings. The van der Waals surface area contributed by atoms with Gasteiger partial charge in [-0.2, -0.15) is 0 Å². The predicted molar refractivity (Wildman–Crippen MR) is 101 cm³/mol. The molecular formula is C20H23N3O2. The van der Waals surface area contributed by atoms with Crippen LogP contribution >= 0.6 is 0 Å². The van der Waals surface area contributed by atoms with E-state index < -0.39 is 0 Å². The number of carbonyl (C=O) groups excluding carboxylic acids is 1. The molecule has 2 aliphatic rings. The van der Waals surface area contributed by atoms with Crippen molar-refractivity contribution in [3.63, 3.8) is 0 Å². The highest BCUT2D eigenvalue weighted by molar-refractivity contribution is 6.12. The van der Waals surface area contributed by atoms with Crippen LogP contribution in [0.25, 0.3) is 0 Å². The standard InChI is InChI=1S/C20H23N3O2/c1-14-21-19-9-8-15(22-10-3-2-4-11-22)13-18(19)20(25)23(14)16-6-5-7-17(24)12-16/h5-9,12-14,21,24H,2-4,10-11H2,1H3. The Balaban J connectivity index is 1.69. The van der Waals surface area contributed by atoms with Crippen molar-refractivity contribution >= 4 is 23.0 Å². The summed E-state index contributed by atoms with van der Waals surface area (Å²) in [6, 6.07) is 12.9. The second-order valence-corrected chi connectivity index (χ2v) is 6.79. The molecule has 0 aliphatic carbocycles. The molecule has 25 heavy (non-hydrogen) atoms. The lowest BCUT2D eigenvalue weighted by Crippen LogP contribution is -2.47. The molecule has 2 aliphatic heterocycles. The van der Waals surface area contributed by atoms with Gasteiger partial charge in [0.25, 0.3) is 5.91 Å². The van der Waals surface area contributed by atoms with Gasteiger partial charge >= 0.3 is 0 Å². The van der Waals surface area contributed by atoms with Crippen molar-refractivity contribution in [2.45, 2.75) is 32.4 Å². The second-order valence-electron chi connectivity index (χ2n) is 6.79. The number of benzene rings is 2. The molecule has 0 bridgehead atoms. The molecule has 2 aromatic rings. The Kier molecular flexibility index (Phi) is 3.99. The molecule has 2 aromatic carbocycles. The number of aromatic hydroxyl groups is 1. The lowest BCUT2D eigenvalue weighted by Gasteiger charge is -2.37. The average Bonchev–Trinajstić information content (AvgIpc) is 2.62. The minimum absolute atomic E-state index is 0.0364. The van der Waals surface area contributed by atoms with E-state index in [0.29, 0.717) is 11.3 Å². The monoisotopic (exact) mass is 337 g/mol. The van der Waals surface area contributed by atoms with Crippen molar-refractivity contribution < 1.29 is 9.90 Å². The van der Waals surface area contributed by atoms with Crippen molar-refractivity contribution in [2.24, 2.45) is 0 Å². The number of phenols is 1. The molecule has 2 heterocycles. The van der Waals surface area contributed by atoms with Gasteiger partial charge in [-0.15, -0.1) is 0 Å². The number of amides is 1. The summed E-state index contributed by atoms with van der Waals surface area (Å²) in [6.45, 7) is 4.05. The van der Waals surface area contributed by atoms with Crippen LogP contribution in [0.1, 0.15) is 36.5 Å². The molecule has 5 heteroatoms. The van der Waals surface area contributed by atoms with Gasteiger partial charge in [-0.1, -0.05) is 6.07 Å². The van der Waals surface area contributed by atoms with E-state index in [4.69, 9.17) is 0 Å². The van der Waals surface area contributed by atoms with Crippen LogP contribution in [-0.2, 0) is 0 Å². The lowest BCUT2D eigenvalue weighted by atomic mass is 10.0. The van der Waals surface area contributed by atoms with Gasteiger partial charge in [0.05, 0.1) is 5.56 Å². The van der Waals surface area contributed by atoms with Gasteiger partial charge in [-0.05, 0) is 56.5 Å². The zero-order valence-corrected chi connectivity index (χ0v) is 14.4. The Bertz CT molecular complexity index is 799. The van der Waals surface area contributed by atoms with E-state index in [1.165, 1.54) is 19.3 Å². The van der Waals surface area contributed by atoms with Crippen molar-refractivity contribution in [3.05, 3.63) is 48.0 Å². The smallest absolute Gasteiger partial charge is 0.262 e. The van der Waals surface area contributed by atoms with Crippen LogP contribution in [0.2, 0.25) is 0 Å². The van der Waals surface area contributed by atoms with E-state index in [-0.39, 0.29) is 17.8 Å². The maximum absolute atomic E-state index is 13.2. The third-order valence-corrected chi connectivity index (χ3v) is 5.03. The number of hydrogen-bond donors (Lipinski definition) is 2. The van der Waals surface area contributed by atoms with Crippen LogP contribution in [0, 0.1) is 0 Å². The van der Waals surface area contributed by atoms with Gasteiger partial charge < -0.3 is 15.3 Å². The van der Waals surface area contributed by atoms with Crippen LogP contribution in [-0.4, -0.2) is 30.3 Å². The van der Waals surface area contributed by atoms with Crippen molar-refractivity contribution in [1.29, 1.82) is 0 Å². The average molecular weight is 337 g/mol. The maximum Gasteiger partial charge on any atom is 0.262 e. The number of rotatable bonds is 2. The summed E-state index contributed by atoms with van der Waals surface area (Å²) in [5, 5.41) is 13.2. The summed E-state index contributed by atoms with van der Waals surface area (Å²) in [5.74, 6) is 0.121. The first-order valence-corrected chi connectivity index (χ1v) is 8.91. The number of nitrogens with one attached hydrogen (secondary N) is 1. The lowest BCUT2D eigenvalue weighted by molar-refractivity contribution is 0.0977. The van der Waals surface area contributed by atoms with Gasteiger partial charge in [-0.25, -0.2) is 0 Å². The number of hydrogen-bond acceptors (Lipinski definition) is 4. The van der Waals surface area contributed by atoms with Gasteiger partial charge in [0.1, 0.15) is 11.9 Å².